The van der Waals surface area contributed by atoms with E-state index in [2.05, 4.69) is 5.32 Å². The van der Waals surface area contributed by atoms with Gasteiger partial charge < -0.3 is 5.32 Å². The van der Waals surface area contributed by atoms with E-state index in [0.717, 1.165) is 47.4 Å². The van der Waals surface area contributed by atoms with Crippen LogP contribution >= 0.6 is 11.8 Å². The Morgan fingerprint density at radius 2 is 2.04 bits per heavy atom. The van der Waals surface area contributed by atoms with E-state index in [0.29, 0.717) is 6.42 Å². The van der Waals surface area contributed by atoms with E-state index < -0.39 is 0 Å². The zero-order chi connectivity index (χ0) is 18.4. The first-order valence-corrected chi connectivity index (χ1v) is 10.1. The highest BCUT2D eigenvalue weighted by molar-refractivity contribution is 8.03. The van der Waals surface area contributed by atoms with E-state index in [-0.39, 0.29) is 28.2 Å². The van der Waals surface area contributed by atoms with Gasteiger partial charge in [-0.3, -0.25) is 14.9 Å². The molecule has 0 bridgehead atoms. The third-order valence-corrected chi connectivity index (χ3v) is 6.62. The van der Waals surface area contributed by atoms with E-state index in [1.54, 1.807) is 17.8 Å². The van der Waals surface area contributed by atoms with E-state index in [4.69, 9.17) is 0 Å². The number of hydrogen-bond donors (Lipinski definition) is 1. The van der Waals surface area contributed by atoms with Crippen LogP contribution in [0.4, 0.5) is 5.69 Å². The Kier molecular flexibility index (Phi) is 4.39. The predicted octanol–water partition coefficient (Wildman–Crippen LogP) is 4.76. The number of ketones is 1. The van der Waals surface area contributed by atoms with Crippen LogP contribution in [0.1, 0.15) is 62.5 Å². The van der Waals surface area contributed by atoms with Crippen LogP contribution < -0.4 is 5.32 Å². The SMILES string of the molecule is CC(C)c1ccc(C2C3=C(CCS3)NC3=C2C(=O)CCC3)cc1[N+](=O)[O-]. The van der Waals surface area contributed by atoms with Crippen LogP contribution in [-0.4, -0.2) is 16.5 Å². The number of dihydropyridines is 1. The first-order valence-electron chi connectivity index (χ1n) is 9.14. The van der Waals surface area contributed by atoms with Gasteiger partial charge in [-0.2, -0.15) is 0 Å². The second kappa shape index (κ2) is 6.58. The first-order chi connectivity index (χ1) is 12.5. The van der Waals surface area contributed by atoms with Crippen molar-refractivity contribution in [2.45, 2.75) is 51.4 Å². The molecule has 1 N–H and O–H groups in total. The van der Waals surface area contributed by atoms with E-state index in [1.807, 2.05) is 26.0 Å². The lowest BCUT2D eigenvalue weighted by Gasteiger charge is -2.33. The molecule has 4 rings (SSSR count). The van der Waals surface area contributed by atoms with Crippen LogP contribution in [0.5, 0.6) is 0 Å². The maximum absolute atomic E-state index is 12.7. The molecule has 0 saturated carbocycles. The molecule has 136 valence electrons. The van der Waals surface area contributed by atoms with Crippen molar-refractivity contribution < 1.29 is 9.72 Å². The van der Waals surface area contributed by atoms with Crippen molar-refractivity contribution in [1.29, 1.82) is 0 Å². The van der Waals surface area contributed by atoms with Crippen molar-refractivity contribution >= 4 is 23.2 Å². The monoisotopic (exact) mass is 370 g/mol. The lowest BCUT2D eigenvalue weighted by Crippen LogP contribution is -2.30. The van der Waals surface area contributed by atoms with E-state index in [9.17, 15) is 14.9 Å². The molecule has 5 nitrogen and oxygen atoms in total. The topological polar surface area (TPSA) is 72.2 Å². The number of hydrogen-bond acceptors (Lipinski definition) is 5. The van der Waals surface area contributed by atoms with Gasteiger partial charge in [-0.1, -0.05) is 26.0 Å². The van der Waals surface area contributed by atoms with Crippen molar-refractivity contribution in [1.82, 2.24) is 5.32 Å². The minimum atomic E-state index is -0.297. The third-order valence-electron chi connectivity index (χ3n) is 5.42. The molecule has 6 heteroatoms. The van der Waals surface area contributed by atoms with Gasteiger partial charge in [0.25, 0.3) is 5.69 Å². The molecule has 0 fully saturated rings. The molecule has 0 spiro atoms. The van der Waals surface area contributed by atoms with Gasteiger partial charge >= 0.3 is 0 Å². The summed E-state index contributed by atoms with van der Waals surface area (Å²) in [6.07, 6.45) is 3.29. The minimum Gasteiger partial charge on any atom is -0.361 e. The van der Waals surface area contributed by atoms with Crippen molar-refractivity contribution in [3.05, 3.63) is 61.3 Å². The summed E-state index contributed by atoms with van der Waals surface area (Å²) < 4.78 is 0. The number of nitro groups is 1. The Hall–Kier alpha value is -2.08. The Morgan fingerprint density at radius 3 is 2.77 bits per heavy atom. The maximum atomic E-state index is 12.7. The van der Waals surface area contributed by atoms with Crippen LogP contribution in [0.2, 0.25) is 0 Å². The lowest BCUT2D eigenvalue weighted by atomic mass is 9.78. The molecule has 0 radical (unpaired) electrons. The van der Waals surface area contributed by atoms with Gasteiger partial charge in [0.15, 0.2) is 5.78 Å². The summed E-state index contributed by atoms with van der Waals surface area (Å²) in [5.41, 5.74) is 4.83. The Labute approximate surface area is 157 Å². The summed E-state index contributed by atoms with van der Waals surface area (Å²) in [5, 5.41) is 15.1. The number of nitro benzene ring substituents is 1. The van der Waals surface area contributed by atoms with Gasteiger partial charge in [0.1, 0.15) is 0 Å². The molecule has 0 aromatic heterocycles. The van der Waals surface area contributed by atoms with Gasteiger partial charge in [-0.05, 0) is 30.7 Å². The summed E-state index contributed by atoms with van der Waals surface area (Å²) in [6, 6.07) is 5.54. The molecule has 0 saturated heterocycles. The van der Waals surface area contributed by atoms with Crippen LogP contribution in [0.3, 0.4) is 0 Å². The smallest absolute Gasteiger partial charge is 0.273 e. The van der Waals surface area contributed by atoms with Crippen molar-refractivity contribution in [2.75, 3.05) is 5.75 Å². The van der Waals surface area contributed by atoms with Crippen LogP contribution in [0.25, 0.3) is 0 Å². The fourth-order valence-corrected chi connectivity index (χ4v) is 5.48. The van der Waals surface area contributed by atoms with E-state index >= 15 is 0 Å². The first kappa shape index (κ1) is 17.3. The highest BCUT2D eigenvalue weighted by Gasteiger charge is 2.39. The van der Waals surface area contributed by atoms with Crippen molar-refractivity contribution in [3.63, 3.8) is 0 Å². The zero-order valence-corrected chi connectivity index (χ0v) is 15.8. The number of thioether (sulfide) groups is 1. The Morgan fingerprint density at radius 1 is 1.23 bits per heavy atom. The molecular weight excluding hydrogens is 348 g/mol. The fraction of sp³-hybridized carbons (Fsp3) is 0.450. The van der Waals surface area contributed by atoms with Gasteiger partial charge in [-0.25, -0.2) is 0 Å². The number of rotatable bonds is 3. The van der Waals surface area contributed by atoms with Crippen LogP contribution in [0.15, 0.2) is 40.1 Å². The maximum Gasteiger partial charge on any atom is 0.273 e. The average molecular weight is 370 g/mol. The Balaban J connectivity index is 1.87. The molecule has 1 atom stereocenters. The number of nitrogens with one attached hydrogen (secondary N) is 1. The van der Waals surface area contributed by atoms with Crippen LogP contribution in [0, 0.1) is 10.1 Å². The number of benzene rings is 1. The van der Waals surface area contributed by atoms with Gasteiger partial charge in [0, 0.05) is 51.6 Å². The summed E-state index contributed by atoms with van der Waals surface area (Å²) in [7, 11) is 0. The highest BCUT2D eigenvalue weighted by atomic mass is 32.2. The predicted molar refractivity (Wildman–Crippen MR) is 103 cm³/mol. The lowest BCUT2D eigenvalue weighted by molar-refractivity contribution is -0.385. The number of Topliss-reactive ketones (excluding diaryl/α,β-unsaturated/α-hetero) is 1. The molecule has 1 aromatic rings. The summed E-state index contributed by atoms with van der Waals surface area (Å²) in [5.74, 6) is 1.11. The van der Waals surface area contributed by atoms with Gasteiger partial charge in [-0.15, -0.1) is 11.8 Å². The average Bonchev–Trinajstić information content (AvgIpc) is 3.07. The molecule has 26 heavy (non-hydrogen) atoms. The van der Waals surface area contributed by atoms with E-state index in [1.165, 1.54) is 10.6 Å². The molecule has 1 aromatic carbocycles. The van der Waals surface area contributed by atoms with Gasteiger partial charge in [0.05, 0.1) is 4.92 Å². The molecule has 2 heterocycles. The molecular formula is C20H22N2O3S. The molecule has 0 amide bonds. The normalized spacial score (nSPS) is 22.4. The summed E-state index contributed by atoms with van der Waals surface area (Å²) in [4.78, 5) is 25.2. The second-order valence-electron chi connectivity index (χ2n) is 7.40. The number of carbonyl (C=O) groups is 1. The highest BCUT2D eigenvalue weighted by Crippen LogP contribution is 2.50. The fourth-order valence-electron chi connectivity index (χ4n) is 4.20. The zero-order valence-electron chi connectivity index (χ0n) is 15.0. The standard InChI is InChI=1S/C20H22N2O3S/c1-11(2)13-7-6-12(10-16(13)22(24)25)18-19-14(4-3-5-17(19)23)21-15-8-9-26-20(15)18/h6-7,10-11,18,21H,3-5,8-9H2,1-2H3. The third kappa shape index (κ3) is 2.76. The summed E-state index contributed by atoms with van der Waals surface area (Å²) in [6.45, 7) is 3.93. The molecule has 3 aliphatic rings. The summed E-state index contributed by atoms with van der Waals surface area (Å²) >= 11 is 1.77. The quantitative estimate of drug-likeness (QED) is 0.613. The number of carbonyl (C=O) groups excluding carboxylic acids is 1. The number of nitrogens with zero attached hydrogens (tertiary/aromatic N) is 1. The van der Waals surface area contributed by atoms with Gasteiger partial charge in [0.2, 0.25) is 0 Å². The minimum absolute atomic E-state index is 0.0826. The van der Waals surface area contributed by atoms with Crippen molar-refractivity contribution in [3.8, 4) is 0 Å². The number of allylic oxidation sites excluding steroid dienone is 4. The van der Waals surface area contributed by atoms with Crippen molar-refractivity contribution in [2.24, 2.45) is 0 Å². The Bertz CT molecular complexity index is 870. The molecule has 1 unspecified atom stereocenters. The molecule has 1 aliphatic carbocycles. The van der Waals surface area contributed by atoms with Crippen LogP contribution in [-0.2, 0) is 4.79 Å². The second-order valence-corrected chi connectivity index (χ2v) is 8.54. The largest absolute Gasteiger partial charge is 0.361 e. The molecule has 2 aliphatic heterocycles.